The molecule has 6 nitrogen and oxygen atoms in total. The quantitative estimate of drug-likeness (QED) is 0.380. The van der Waals surface area contributed by atoms with Gasteiger partial charge in [0.2, 0.25) is 0 Å². The van der Waals surface area contributed by atoms with Gasteiger partial charge in [-0.2, -0.15) is 0 Å². The molecule has 0 spiro atoms. The molecule has 0 N–H and O–H groups in total. The third-order valence-corrected chi connectivity index (χ3v) is 6.32. The van der Waals surface area contributed by atoms with Crippen LogP contribution in [0, 0.1) is 26.6 Å². The molecule has 0 bridgehead atoms. The molecule has 8 heteroatoms. The van der Waals surface area contributed by atoms with Crippen LogP contribution in [0.4, 0.5) is 4.39 Å². The first-order valence-electron chi connectivity index (χ1n) is 10.9. The summed E-state index contributed by atoms with van der Waals surface area (Å²) in [4.78, 5) is 23.2. The number of halogens is 2. The van der Waals surface area contributed by atoms with Gasteiger partial charge in [-0.05, 0) is 69.5 Å². The van der Waals surface area contributed by atoms with E-state index < -0.39 is 5.82 Å². The van der Waals surface area contributed by atoms with Gasteiger partial charge < -0.3 is 4.74 Å². The van der Waals surface area contributed by atoms with Crippen LogP contribution in [0.3, 0.4) is 0 Å². The van der Waals surface area contributed by atoms with Gasteiger partial charge in [-0.25, -0.2) is 24.3 Å². The number of aromatic nitrogens is 5. The number of fused-ring (bicyclic) bond motifs is 1. The SMILES string of the molecule is Cc1cc([C@H]2C[C@H](c3nc(-c4ccc(Cl)cc4F)c4nc(C)c(C)nc4n3)CCO2)ccn1. The highest BCUT2D eigenvalue weighted by atomic mass is 35.5. The summed E-state index contributed by atoms with van der Waals surface area (Å²) in [6, 6.07) is 8.59. The van der Waals surface area contributed by atoms with Crippen LogP contribution in [0.1, 0.15) is 53.3 Å². The van der Waals surface area contributed by atoms with Gasteiger partial charge in [-0.3, -0.25) is 4.98 Å². The number of pyridine rings is 1. The fourth-order valence-corrected chi connectivity index (χ4v) is 4.37. The van der Waals surface area contributed by atoms with Crippen molar-refractivity contribution in [2.45, 2.75) is 45.6 Å². The molecule has 168 valence electrons. The minimum absolute atomic E-state index is 0.0409. The molecule has 33 heavy (non-hydrogen) atoms. The van der Waals surface area contributed by atoms with E-state index in [2.05, 4.69) is 15.0 Å². The van der Waals surface area contributed by atoms with Crippen LogP contribution >= 0.6 is 11.6 Å². The molecule has 4 heterocycles. The van der Waals surface area contributed by atoms with Crippen LogP contribution < -0.4 is 0 Å². The van der Waals surface area contributed by atoms with E-state index in [0.29, 0.717) is 39.9 Å². The molecule has 1 aromatic carbocycles. The van der Waals surface area contributed by atoms with E-state index in [9.17, 15) is 4.39 Å². The number of ether oxygens (including phenoxy) is 1. The summed E-state index contributed by atoms with van der Waals surface area (Å²) in [7, 11) is 0. The van der Waals surface area contributed by atoms with Gasteiger partial charge in [0.15, 0.2) is 5.65 Å². The first-order chi connectivity index (χ1) is 15.9. The second-order valence-corrected chi connectivity index (χ2v) is 8.87. The van der Waals surface area contributed by atoms with Gasteiger partial charge in [0.05, 0.1) is 17.5 Å². The standard InChI is InChI=1S/C25H23ClFN5O/c1-13-10-16(6-8-28-13)21-11-17(7-9-33-21)24-31-22(19-5-4-18(26)12-20(19)27)23-25(32-24)30-15(3)14(2)29-23/h4-6,8,10,12,17,21H,7,9,11H2,1-3H3/t17-,21-/m1/s1. The molecule has 0 saturated carbocycles. The normalized spacial score (nSPS) is 18.6. The van der Waals surface area contributed by atoms with E-state index in [-0.39, 0.29) is 12.0 Å². The number of hydrogen-bond acceptors (Lipinski definition) is 6. The Labute approximate surface area is 196 Å². The summed E-state index contributed by atoms with van der Waals surface area (Å²) in [6.45, 7) is 6.31. The van der Waals surface area contributed by atoms with Gasteiger partial charge in [-0.15, -0.1) is 0 Å². The summed E-state index contributed by atoms with van der Waals surface area (Å²) in [5.41, 5.74) is 5.29. The summed E-state index contributed by atoms with van der Waals surface area (Å²) >= 11 is 5.99. The Bertz CT molecular complexity index is 1360. The first kappa shape index (κ1) is 21.8. The van der Waals surface area contributed by atoms with Crippen molar-refractivity contribution in [3.63, 3.8) is 0 Å². The summed E-state index contributed by atoms with van der Waals surface area (Å²) < 4.78 is 21.0. The van der Waals surface area contributed by atoms with Crippen LogP contribution in [0.2, 0.25) is 5.02 Å². The number of nitrogens with zero attached hydrogens (tertiary/aromatic N) is 5. The minimum Gasteiger partial charge on any atom is -0.373 e. The molecular weight excluding hydrogens is 441 g/mol. The van der Waals surface area contributed by atoms with Crippen molar-refractivity contribution in [1.29, 1.82) is 0 Å². The fourth-order valence-electron chi connectivity index (χ4n) is 4.21. The number of hydrogen-bond donors (Lipinski definition) is 0. The minimum atomic E-state index is -0.453. The molecule has 1 aliphatic rings. The molecule has 1 aliphatic heterocycles. The van der Waals surface area contributed by atoms with E-state index in [1.807, 2.05) is 32.9 Å². The highest BCUT2D eigenvalue weighted by Crippen LogP contribution is 2.38. The Kier molecular flexibility index (Phi) is 5.76. The lowest BCUT2D eigenvalue weighted by atomic mass is 9.91. The third kappa shape index (κ3) is 4.30. The van der Waals surface area contributed by atoms with Crippen molar-refractivity contribution in [2.75, 3.05) is 6.61 Å². The first-order valence-corrected chi connectivity index (χ1v) is 11.3. The molecule has 1 fully saturated rings. The predicted octanol–water partition coefficient (Wildman–Crippen LogP) is 5.83. The Morgan fingerprint density at radius 1 is 1.00 bits per heavy atom. The largest absolute Gasteiger partial charge is 0.373 e. The van der Waals surface area contributed by atoms with E-state index in [1.54, 1.807) is 18.3 Å². The Morgan fingerprint density at radius 2 is 1.82 bits per heavy atom. The molecule has 0 amide bonds. The van der Waals surface area contributed by atoms with E-state index in [0.717, 1.165) is 35.5 Å². The topological polar surface area (TPSA) is 73.7 Å². The lowest BCUT2D eigenvalue weighted by Crippen LogP contribution is -2.21. The molecule has 0 aliphatic carbocycles. The van der Waals surface area contributed by atoms with Gasteiger partial charge in [0.25, 0.3) is 0 Å². The molecule has 1 saturated heterocycles. The number of benzene rings is 1. The molecule has 4 aromatic rings. The average Bonchev–Trinajstić information content (AvgIpc) is 2.80. The summed E-state index contributed by atoms with van der Waals surface area (Å²) in [5, 5.41) is 0.327. The van der Waals surface area contributed by atoms with Crippen molar-refractivity contribution in [3.05, 3.63) is 75.8 Å². The maximum atomic E-state index is 14.9. The van der Waals surface area contributed by atoms with E-state index >= 15 is 0 Å². The van der Waals surface area contributed by atoms with E-state index in [4.69, 9.17) is 26.3 Å². The molecule has 0 unspecified atom stereocenters. The fraction of sp³-hybridized carbons (Fsp3) is 0.320. The van der Waals surface area contributed by atoms with Crippen molar-refractivity contribution in [1.82, 2.24) is 24.9 Å². The van der Waals surface area contributed by atoms with Gasteiger partial charge in [0, 0.05) is 35.0 Å². The predicted molar refractivity (Wildman–Crippen MR) is 125 cm³/mol. The number of aryl methyl sites for hydroxylation is 3. The molecule has 5 rings (SSSR count). The molecular formula is C25H23ClFN5O. The van der Waals surface area contributed by atoms with Crippen LogP contribution in [0.5, 0.6) is 0 Å². The lowest BCUT2D eigenvalue weighted by Gasteiger charge is -2.29. The van der Waals surface area contributed by atoms with Crippen molar-refractivity contribution >= 4 is 22.8 Å². The third-order valence-electron chi connectivity index (χ3n) is 6.09. The van der Waals surface area contributed by atoms with Crippen molar-refractivity contribution < 1.29 is 9.13 Å². The zero-order valence-corrected chi connectivity index (χ0v) is 19.4. The van der Waals surface area contributed by atoms with Crippen LogP contribution in [0.15, 0.2) is 36.5 Å². The van der Waals surface area contributed by atoms with E-state index in [1.165, 1.54) is 6.07 Å². The summed E-state index contributed by atoms with van der Waals surface area (Å²) in [5.74, 6) is 0.216. The average molecular weight is 464 g/mol. The molecule has 3 aromatic heterocycles. The Hall–Kier alpha value is -3.03. The lowest BCUT2D eigenvalue weighted by molar-refractivity contribution is 0.00393. The van der Waals surface area contributed by atoms with Crippen LogP contribution in [-0.2, 0) is 4.74 Å². The number of rotatable bonds is 3. The maximum absolute atomic E-state index is 14.9. The monoisotopic (exact) mass is 463 g/mol. The highest BCUT2D eigenvalue weighted by molar-refractivity contribution is 6.30. The second-order valence-electron chi connectivity index (χ2n) is 8.43. The zero-order chi connectivity index (χ0) is 23.1. The van der Waals surface area contributed by atoms with Gasteiger partial charge >= 0.3 is 0 Å². The smallest absolute Gasteiger partial charge is 0.182 e. The van der Waals surface area contributed by atoms with Gasteiger partial charge in [0.1, 0.15) is 22.9 Å². The molecule has 0 radical (unpaired) electrons. The molecule has 2 atom stereocenters. The van der Waals surface area contributed by atoms with Crippen molar-refractivity contribution in [3.8, 4) is 11.3 Å². The van der Waals surface area contributed by atoms with Crippen LogP contribution in [-0.4, -0.2) is 31.5 Å². The zero-order valence-electron chi connectivity index (χ0n) is 18.6. The Balaban J connectivity index is 1.62. The Morgan fingerprint density at radius 3 is 2.61 bits per heavy atom. The van der Waals surface area contributed by atoms with Crippen LogP contribution in [0.25, 0.3) is 22.4 Å². The van der Waals surface area contributed by atoms with Crippen molar-refractivity contribution in [2.24, 2.45) is 0 Å². The van der Waals surface area contributed by atoms with Gasteiger partial charge in [-0.1, -0.05) is 11.6 Å². The highest BCUT2D eigenvalue weighted by Gasteiger charge is 2.29. The maximum Gasteiger partial charge on any atom is 0.182 e. The second kappa shape index (κ2) is 8.72. The summed E-state index contributed by atoms with van der Waals surface area (Å²) in [6.07, 6.45) is 3.21.